The molecule has 1 fully saturated rings. The maximum atomic E-state index is 5.54. The first-order valence-electron chi connectivity index (χ1n) is 13.8. The van der Waals surface area contributed by atoms with E-state index in [9.17, 15) is 0 Å². The maximum Gasteiger partial charge on any atom is 0.119 e. The van der Waals surface area contributed by atoms with Gasteiger partial charge in [-0.15, -0.1) is 0 Å². The fourth-order valence-electron chi connectivity index (χ4n) is 5.84. The number of allylic oxidation sites excluding steroid dienone is 2. The fraction of sp³-hybridized carbons (Fsp3) is 0.515. The van der Waals surface area contributed by atoms with E-state index in [4.69, 9.17) is 4.74 Å². The van der Waals surface area contributed by atoms with E-state index in [0.29, 0.717) is 6.61 Å². The van der Waals surface area contributed by atoms with Gasteiger partial charge in [0.05, 0.1) is 6.61 Å². The zero-order valence-electron chi connectivity index (χ0n) is 21.3. The highest BCUT2D eigenvalue weighted by atomic mass is 16.5. The topological polar surface area (TPSA) is 9.23 Å². The summed E-state index contributed by atoms with van der Waals surface area (Å²) in [5.41, 5.74) is 4.87. The normalized spacial score (nSPS) is 22.4. The number of hydrogen-bond acceptors (Lipinski definition) is 1. The van der Waals surface area contributed by atoms with Gasteiger partial charge in [0.2, 0.25) is 0 Å². The molecule has 0 amide bonds. The number of ether oxygens (including phenoxy) is 1. The Morgan fingerprint density at radius 3 is 2.09 bits per heavy atom. The lowest BCUT2D eigenvalue weighted by atomic mass is 9.70. The van der Waals surface area contributed by atoms with Crippen molar-refractivity contribution in [1.82, 2.24) is 0 Å². The molecule has 0 radical (unpaired) electrons. The summed E-state index contributed by atoms with van der Waals surface area (Å²) in [6.07, 6.45) is 17.8. The first kappa shape index (κ1) is 24.7. The molecule has 34 heavy (non-hydrogen) atoms. The van der Waals surface area contributed by atoms with Crippen LogP contribution in [0.3, 0.4) is 0 Å². The third kappa shape index (κ3) is 7.02. The monoisotopic (exact) mass is 454 g/mol. The zero-order valence-corrected chi connectivity index (χ0v) is 21.3. The molecule has 0 aromatic heterocycles. The molecule has 1 heteroatoms. The number of hydrogen-bond donors (Lipinski definition) is 0. The molecular weight excluding hydrogens is 412 g/mol. The van der Waals surface area contributed by atoms with Gasteiger partial charge in [-0.3, -0.25) is 0 Å². The Balaban J connectivity index is 1.26. The Bertz CT molecular complexity index is 962. The smallest absolute Gasteiger partial charge is 0.119 e. The lowest BCUT2D eigenvalue weighted by Gasteiger charge is -2.35. The van der Waals surface area contributed by atoms with Crippen molar-refractivity contribution in [3.63, 3.8) is 0 Å². The van der Waals surface area contributed by atoms with Crippen LogP contribution in [-0.4, -0.2) is 6.61 Å². The molecule has 1 saturated carbocycles. The van der Waals surface area contributed by atoms with Gasteiger partial charge in [-0.1, -0.05) is 87.6 Å². The summed E-state index contributed by atoms with van der Waals surface area (Å²) in [5.74, 6) is 10.7. The first-order chi connectivity index (χ1) is 16.7. The average Bonchev–Trinajstić information content (AvgIpc) is 2.89. The number of benzene rings is 2. The van der Waals surface area contributed by atoms with E-state index in [-0.39, 0.29) is 0 Å². The maximum absolute atomic E-state index is 5.54. The quantitative estimate of drug-likeness (QED) is 0.285. The van der Waals surface area contributed by atoms with E-state index in [1.165, 1.54) is 87.3 Å². The van der Waals surface area contributed by atoms with Crippen molar-refractivity contribution in [3.05, 3.63) is 65.7 Å². The van der Waals surface area contributed by atoms with Crippen molar-refractivity contribution in [1.29, 1.82) is 0 Å². The van der Waals surface area contributed by atoms with Gasteiger partial charge in [-0.25, -0.2) is 0 Å². The molecule has 2 aliphatic rings. The third-order valence-electron chi connectivity index (χ3n) is 7.98. The molecule has 2 aromatic rings. The lowest BCUT2D eigenvalue weighted by molar-refractivity contribution is 0.186. The first-order valence-corrected chi connectivity index (χ1v) is 13.8. The molecule has 1 unspecified atom stereocenters. The summed E-state index contributed by atoms with van der Waals surface area (Å²) in [6.45, 7) is 5.02. The molecule has 0 heterocycles. The minimum Gasteiger partial charge on any atom is -0.494 e. The third-order valence-corrected chi connectivity index (χ3v) is 7.98. The van der Waals surface area contributed by atoms with Crippen molar-refractivity contribution in [3.8, 4) is 28.7 Å². The predicted molar refractivity (Wildman–Crippen MR) is 145 cm³/mol. The Morgan fingerprint density at radius 1 is 0.765 bits per heavy atom. The Morgan fingerprint density at radius 2 is 1.47 bits per heavy atom. The summed E-state index contributed by atoms with van der Waals surface area (Å²) < 4.78 is 5.54. The lowest BCUT2D eigenvalue weighted by Crippen LogP contribution is -2.23. The molecule has 2 aliphatic carbocycles. The molecule has 1 atom stereocenters. The van der Waals surface area contributed by atoms with Crippen LogP contribution in [0.4, 0.5) is 0 Å². The molecule has 2 aromatic carbocycles. The predicted octanol–water partition coefficient (Wildman–Crippen LogP) is 9.22. The van der Waals surface area contributed by atoms with Gasteiger partial charge in [0.1, 0.15) is 5.75 Å². The van der Waals surface area contributed by atoms with E-state index in [1.54, 1.807) is 0 Å². The highest BCUT2D eigenvalue weighted by Gasteiger charge is 2.28. The van der Waals surface area contributed by atoms with E-state index in [0.717, 1.165) is 29.1 Å². The van der Waals surface area contributed by atoms with Gasteiger partial charge in [-0.05, 0) is 97.7 Å². The highest BCUT2D eigenvalue weighted by Crippen LogP contribution is 2.40. The molecule has 0 N–H and O–H groups in total. The Hall–Kier alpha value is -2.46. The van der Waals surface area contributed by atoms with Gasteiger partial charge >= 0.3 is 0 Å². The van der Waals surface area contributed by atoms with Gasteiger partial charge in [0, 0.05) is 5.56 Å². The van der Waals surface area contributed by atoms with Gasteiger partial charge in [0.15, 0.2) is 0 Å². The van der Waals surface area contributed by atoms with Crippen molar-refractivity contribution in [2.45, 2.75) is 84.5 Å². The van der Waals surface area contributed by atoms with Crippen LogP contribution in [0.15, 0.2) is 60.2 Å². The van der Waals surface area contributed by atoms with Crippen LogP contribution in [0.2, 0.25) is 0 Å². The largest absolute Gasteiger partial charge is 0.494 e. The molecule has 180 valence electrons. The fourth-order valence-corrected chi connectivity index (χ4v) is 5.84. The minimum atomic E-state index is 0.698. The molecular formula is C33H42O. The minimum absolute atomic E-state index is 0.698. The van der Waals surface area contributed by atoms with Crippen molar-refractivity contribution in [2.75, 3.05) is 6.61 Å². The van der Waals surface area contributed by atoms with Crippen LogP contribution in [-0.2, 0) is 0 Å². The van der Waals surface area contributed by atoms with E-state index in [1.807, 2.05) is 19.1 Å². The SMILES string of the molecule is CCCCCC1CCC(C2CC=C(C#Cc3ccc(-c4ccc(OCC)cc4)cc3)CC2)CC1. The summed E-state index contributed by atoms with van der Waals surface area (Å²) in [5, 5.41) is 0. The summed E-state index contributed by atoms with van der Waals surface area (Å²) in [6, 6.07) is 16.9. The van der Waals surface area contributed by atoms with Gasteiger partial charge < -0.3 is 4.74 Å². The van der Waals surface area contributed by atoms with Crippen molar-refractivity contribution < 1.29 is 4.74 Å². The highest BCUT2D eigenvalue weighted by molar-refractivity contribution is 5.65. The van der Waals surface area contributed by atoms with E-state index < -0.39 is 0 Å². The number of rotatable bonds is 8. The van der Waals surface area contributed by atoms with E-state index in [2.05, 4.69) is 61.2 Å². The second-order valence-corrected chi connectivity index (χ2v) is 10.3. The van der Waals surface area contributed by atoms with Gasteiger partial charge in [0.25, 0.3) is 0 Å². The molecule has 0 bridgehead atoms. The number of unbranched alkanes of at least 4 members (excludes halogenated alkanes) is 2. The molecule has 0 aliphatic heterocycles. The van der Waals surface area contributed by atoms with Crippen molar-refractivity contribution >= 4 is 0 Å². The standard InChI is InChI=1S/C33H42O/c1-3-5-6-7-26-10-16-29(17-11-26)30-18-12-27(13-19-30)8-9-28-14-20-31(21-15-28)32-22-24-33(25-23-32)34-4-2/h12,14-15,20-26,29-30H,3-7,10-11,13,16-19H2,1-2H3. The summed E-state index contributed by atoms with van der Waals surface area (Å²) in [4.78, 5) is 0. The second-order valence-electron chi connectivity index (χ2n) is 10.3. The molecule has 0 saturated heterocycles. The average molecular weight is 455 g/mol. The molecule has 4 rings (SSSR count). The van der Waals surface area contributed by atoms with Gasteiger partial charge in [-0.2, -0.15) is 0 Å². The summed E-state index contributed by atoms with van der Waals surface area (Å²) >= 11 is 0. The molecule has 0 spiro atoms. The van der Waals surface area contributed by atoms with Crippen LogP contribution in [0.1, 0.15) is 90.0 Å². The van der Waals surface area contributed by atoms with Crippen LogP contribution in [0.25, 0.3) is 11.1 Å². The summed E-state index contributed by atoms with van der Waals surface area (Å²) in [7, 11) is 0. The van der Waals surface area contributed by atoms with Crippen molar-refractivity contribution in [2.24, 2.45) is 17.8 Å². The Labute approximate surface area is 208 Å². The Kier molecular flexibility index (Phi) is 9.32. The van der Waals surface area contributed by atoms with Crippen LogP contribution < -0.4 is 4.74 Å². The molecule has 1 nitrogen and oxygen atoms in total. The zero-order chi connectivity index (χ0) is 23.6. The van der Waals surface area contributed by atoms with E-state index >= 15 is 0 Å². The van der Waals surface area contributed by atoms with Crippen LogP contribution in [0, 0.1) is 29.6 Å². The van der Waals surface area contributed by atoms with Crippen LogP contribution in [0.5, 0.6) is 5.75 Å². The van der Waals surface area contributed by atoms with Crippen LogP contribution >= 0.6 is 0 Å². The second kappa shape index (κ2) is 12.9.